The molecule has 1 fully saturated rings. The predicted octanol–water partition coefficient (Wildman–Crippen LogP) is 1.82. The summed E-state index contributed by atoms with van der Waals surface area (Å²) in [5, 5.41) is 4.90. The third kappa shape index (κ3) is 4.22. The normalized spacial score (nSPS) is 15.0. The highest BCUT2D eigenvalue weighted by Crippen LogP contribution is 2.24. The van der Waals surface area contributed by atoms with E-state index in [2.05, 4.69) is 33.3 Å². The molecule has 2 aromatic heterocycles. The van der Waals surface area contributed by atoms with E-state index < -0.39 is 0 Å². The Balaban J connectivity index is 1.51. The van der Waals surface area contributed by atoms with Gasteiger partial charge in [0, 0.05) is 24.0 Å². The molecule has 0 atom stereocenters. The van der Waals surface area contributed by atoms with Crippen molar-refractivity contribution < 1.29 is 9.64 Å². The second kappa shape index (κ2) is 8.93. The van der Waals surface area contributed by atoms with Gasteiger partial charge in [-0.3, -0.25) is 4.57 Å². The fourth-order valence-electron chi connectivity index (χ4n) is 3.77. The maximum absolute atomic E-state index is 5.80. The molecule has 8 nitrogen and oxygen atoms in total. The molecule has 0 aliphatic carbocycles. The van der Waals surface area contributed by atoms with Gasteiger partial charge in [0.05, 0.1) is 33.3 Å². The zero-order valence-electron chi connectivity index (χ0n) is 17.7. The van der Waals surface area contributed by atoms with Crippen LogP contribution in [-0.4, -0.2) is 57.6 Å². The van der Waals surface area contributed by atoms with E-state index in [1.54, 1.807) is 19.5 Å². The highest BCUT2D eigenvalue weighted by atomic mass is 32.1. The van der Waals surface area contributed by atoms with Crippen LogP contribution in [0.5, 0.6) is 5.75 Å². The van der Waals surface area contributed by atoms with Crippen LogP contribution in [0.4, 0.5) is 5.95 Å². The SMILES string of the molecule is COc1ccc(-c2nn(C[NH+]3CCN(c4ncccn4)CC3)c(=S)n2C(C)C)cc1. The number of piperazine rings is 1. The molecule has 0 spiro atoms. The number of rotatable bonds is 6. The zero-order valence-corrected chi connectivity index (χ0v) is 18.5. The number of nitrogens with one attached hydrogen (secondary N) is 1. The van der Waals surface area contributed by atoms with E-state index in [1.807, 2.05) is 35.0 Å². The van der Waals surface area contributed by atoms with Crippen molar-refractivity contribution in [2.24, 2.45) is 0 Å². The van der Waals surface area contributed by atoms with Gasteiger partial charge >= 0.3 is 0 Å². The number of hydrogen-bond acceptors (Lipinski definition) is 6. The van der Waals surface area contributed by atoms with Crippen LogP contribution < -0.4 is 14.5 Å². The monoisotopic (exact) mass is 426 g/mol. The molecular formula is C21H28N7OS+. The molecule has 3 heterocycles. The molecule has 0 amide bonds. The third-order valence-corrected chi connectivity index (χ3v) is 5.82. The van der Waals surface area contributed by atoms with E-state index in [1.165, 1.54) is 4.90 Å². The van der Waals surface area contributed by atoms with Gasteiger partial charge in [-0.2, -0.15) is 4.68 Å². The van der Waals surface area contributed by atoms with Crippen LogP contribution >= 0.6 is 12.2 Å². The summed E-state index contributed by atoms with van der Waals surface area (Å²) >= 11 is 5.80. The quantitative estimate of drug-likeness (QED) is 0.607. The molecule has 0 bridgehead atoms. The van der Waals surface area contributed by atoms with Gasteiger partial charge in [0.2, 0.25) is 10.7 Å². The van der Waals surface area contributed by atoms with Crippen LogP contribution in [0.1, 0.15) is 19.9 Å². The molecule has 0 saturated carbocycles. The number of nitrogens with zero attached hydrogens (tertiary/aromatic N) is 6. The van der Waals surface area contributed by atoms with Gasteiger partial charge in [-0.15, -0.1) is 5.10 Å². The molecule has 9 heteroatoms. The van der Waals surface area contributed by atoms with Crippen LogP contribution in [-0.2, 0) is 6.67 Å². The lowest BCUT2D eigenvalue weighted by atomic mass is 10.2. The lowest BCUT2D eigenvalue weighted by Crippen LogP contribution is -3.14. The topological polar surface area (TPSA) is 65.4 Å². The number of hydrogen-bond donors (Lipinski definition) is 1. The minimum absolute atomic E-state index is 0.227. The van der Waals surface area contributed by atoms with Crippen molar-refractivity contribution in [1.82, 2.24) is 24.3 Å². The van der Waals surface area contributed by atoms with E-state index in [0.717, 1.165) is 60.7 Å². The summed E-state index contributed by atoms with van der Waals surface area (Å²) in [5.41, 5.74) is 1.04. The van der Waals surface area contributed by atoms with Crippen LogP contribution in [0.25, 0.3) is 11.4 Å². The largest absolute Gasteiger partial charge is 0.497 e. The molecule has 158 valence electrons. The summed E-state index contributed by atoms with van der Waals surface area (Å²) in [5.74, 6) is 2.53. The van der Waals surface area contributed by atoms with Crippen molar-refractivity contribution in [1.29, 1.82) is 0 Å². The van der Waals surface area contributed by atoms with Crippen molar-refractivity contribution in [3.8, 4) is 17.1 Å². The Morgan fingerprint density at radius 2 is 1.77 bits per heavy atom. The Morgan fingerprint density at radius 1 is 1.10 bits per heavy atom. The minimum Gasteiger partial charge on any atom is -0.497 e. The molecule has 1 aliphatic heterocycles. The number of aromatic nitrogens is 5. The number of quaternary nitrogens is 1. The van der Waals surface area contributed by atoms with Gasteiger partial charge in [-0.1, -0.05) is 0 Å². The highest BCUT2D eigenvalue weighted by molar-refractivity contribution is 7.71. The molecule has 0 radical (unpaired) electrons. The summed E-state index contributed by atoms with van der Waals surface area (Å²) in [6.45, 7) is 8.86. The predicted molar refractivity (Wildman–Crippen MR) is 118 cm³/mol. The van der Waals surface area contributed by atoms with E-state index in [4.69, 9.17) is 22.1 Å². The van der Waals surface area contributed by atoms with Crippen molar-refractivity contribution in [3.63, 3.8) is 0 Å². The first kappa shape index (κ1) is 20.5. The average molecular weight is 427 g/mol. The highest BCUT2D eigenvalue weighted by Gasteiger charge is 2.24. The summed E-state index contributed by atoms with van der Waals surface area (Å²) in [6.07, 6.45) is 3.58. The van der Waals surface area contributed by atoms with Gasteiger partial charge in [0.15, 0.2) is 12.5 Å². The van der Waals surface area contributed by atoms with Crippen molar-refractivity contribution in [2.45, 2.75) is 26.6 Å². The maximum atomic E-state index is 5.80. The fourth-order valence-corrected chi connectivity index (χ4v) is 4.18. The van der Waals surface area contributed by atoms with E-state index in [0.29, 0.717) is 0 Å². The summed E-state index contributed by atoms with van der Waals surface area (Å²) in [7, 11) is 1.67. The van der Waals surface area contributed by atoms with E-state index in [-0.39, 0.29) is 6.04 Å². The summed E-state index contributed by atoms with van der Waals surface area (Å²) < 4.78 is 10.1. The Bertz CT molecular complexity index is 1020. The Kier molecular flexibility index (Phi) is 6.10. The molecule has 1 aromatic carbocycles. The fraction of sp³-hybridized carbons (Fsp3) is 0.429. The van der Waals surface area contributed by atoms with Gasteiger partial charge in [0.25, 0.3) is 0 Å². The third-order valence-electron chi connectivity index (χ3n) is 5.41. The van der Waals surface area contributed by atoms with Gasteiger partial charge in [-0.25, -0.2) is 9.97 Å². The van der Waals surface area contributed by atoms with Crippen molar-refractivity contribution in [2.75, 3.05) is 38.2 Å². The Hall–Kier alpha value is -2.78. The first-order valence-electron chi connectivity index (χ1n) is 10.3. The van der Waals surface area contributed by atoms with Crippen LogP contribution in [0.3, 0.4) is 0 Å². The average Bonchev–Trinajstić information content (AvgIpc) is 3.11. The summed E-state index contributed by atoms with van der Waals surface area (Å²) in [4.78, 5) is 12.4. The molecule has 0 unspecified atom stereocenters. The van der Waals surface area contributed by atoms with Crippen LogP contribution in [0.15, 0.2) is 42.7 Å². The van der Waals surface area contributed by atoms with Gasteiger partial charge in [0.1, 0.15) is 5.75 Å². The number of anilines is 1. The lowest BCUT2D eigenvalue weighted by Gasteiger charge is -2.31. The Morgan fingerprint density at radius 3 is 2.37 bits per heavy atom. The lowest BCUT2D eigenvalue weighted by molar-refractivity contribution is -0.924. The van der Waals surface area contributed by atoms with Gasteiger partial charge < -0.3 is 14.5 Å². The maximum Gasteiger partial charge on any atom is 0.225 e. The number of ether oxygens (including phenoxy) is 1. The smallest absolute Gasteiger partial charge is 0.225 e. The molecule has 30 heavy (non-hydrogen) atoms. The first-order chi connectivity index (χ1) is 14.6. The zero-order chi connectivity index (χ0) is 21.1. The molecule has 1 aliphatic rings. The molecule has 3 aromatic rings. The minimum atomic E-state index is 0.227. The number of benzene rings is 1. The Labute approximate surface area is 181 Å². The molecule has 1 saturated heterocycles. The molecule has 4 rings (SSSR count). The molecule has 1 N–H and O–H groups in total. The van der Waals surface area contributed by atoms with Crippen LogP contribution in [0.2, 0.25) is 0 Å². The standard InChI is InChI=1S/C21H27N7OS/c1-16(2)28-19(17-5-7-18(29-3)8-6-17)24-27(21(28)30)15-25-11-13-26(14-12-25)20-22-9-4-10-23-20/h4-10,16H,11-15H2,1-3H3/p+1. The van der Waals surface area contributed by atoms with Crippen LogP contribution in [0, 0.1) is 4.77 Å². The van der Waals surface area contributed by atoms with E-state index >= 15 is 0 Å². The summed E-state index contributed by atoms with van der Waals surface area (Å²) in [6, 6.07) is 10.1. The second-order valence-electron chi connectivity index (χ2n) is 7.74. The van der Waals surface area contributed by atoms with Crippen molar-refractivity contribution in [3.05, 3.63) is 47.5 Å². The first-order valence-corrected chi connectivity index (χ1v) is 10.7. The van der Waals surface area contributed by atoms with E-state index in [9.17, 15) is 0 Å². The second-order valence-corrected chi connectivity index (χ2v) is 8.11. The van der Waals surface area contributed by atoms with Crippen molar-refractivity contribution >= 4 is 18.2 Å². The molecular weight excluding hydrogens is 398 g/mol. The number of methoxy groups -OCH3 is 1. The van der Waals surface area contributed by atoms with Gasteiger partial charge in [-0.05, 0) is 56.4 Å².